The Morgan fingerprint density at radius 2 is 2.38 bits per heavy atom. The number of rotatable bonds is 3. The molecule has 0 heterocycles. The molecule has 1 N–H and O–H groups in total. The van der Waals surface area contributed by atoms with Gasteiger partial charge in [-0.15, -0.1) is 11.8 Å². The van der Waals surface area contributed by atoms with E-state index in [4.69, 9.17) is 0 Å². The second-order valence-electron chi connectivity index (χ2n) is 1.31. The summed E-state index contributed by atoms with van der Waals surface area (Å²) in [5, 5.41) is 4.89. The van der Waals surface area contributed by atoms with Crippen LogP contribution in [0.4, 0.5) is 0 Å². The van der Waals surface area contributed by atoms with Crippen molar-refractivity contribution < 1.29 is 0 Å². The summed E-state index contributed by atoms with van der Waals surface area (Å²) in [6.45, 7) is 3.70. The van der Waals surface area contributed by atoms with Gasteiger partial charge in [-0.2, -0.15) is 0 Å². The van der Waals surface area contributed by atoms with Gasteiger partial charge in [0.25, 0.3) is 0 Å². The Hall–Kier alpha value is -0.370. The van der Waals surface area contributed by atoms with E-state index in [-0.39, 0.29) is 0 Å². The monoisotopic (exact) mass is 129 g/mol. The van der Waals surface area contributed by atoms with Crippen molar-refractivity contribution in [3.8, 4) is 0 Å². The third kappa shape index (κ3) is 3.81. The van der Waals surface area contributed by atoms with E-state index >= 15 is 0 Å². The first-order valence-electron chi connectivity index (χ1n) is 2.37. The summed E-state index contributed by atoms with van der Waals surface area (Å²) in [6, 6.07) is 0. The predicted molar refractivity (Wildman–Crippen MR) is 40.9 cm³/mol. The number of thioether (sulfide) groups is 1. The molecule has 0 saturated carbocycles. The van der Waals surface area contributed by atoms with E-state index in [1.165, 1.54) is 0 Å². The normalized spacial score (nSPS) is 9.75. The van der Waals surface area contributed by atoms with Crippen LogP contribution in [0.25, 0.3) is 0 Å². The molecule has 8 heavy (non-hydrogen) atoms. The third-order valence-electron chi connectivity index (χ3n) is 0.726. The number of likely N-dealkylation sites (N-methyl/N-ethyl adjacent to an activating group) is 1. The van der Waals surface area contributed by atoms with Gasteiger partial charge in [0.2, 0.25) is 0 Å². The smallest absolute Gasteiger partial charge is 0.0269 e. The lowest BCUT2D eigenvalue weighted by atomic mass is 10.5. The minimum absolute atomic E-state index is 0.944. The van der Waals surface area contributed by atoms with Crippen molar-refractivity contribution in [3.05, 3.63) is 23.8 Å². The zero-order valence-corrected chi connectivity index (χ0v) is 6.09. The van der Waals surface area contributed by atoms with Crippen molar-refractivity contribution >= 4 is 11.8 Å². The molecule has 0 rings (SSSR count). The fraction of sp³-hybridized carbons (Fsp3) is 0.333. The minimum Gasteiger partial charge on any atom is -0.389 e. The average molecular weight is 129 g/mol. The Morgan fingerprint density at radius 3 is 2.75 bits per heavy atom. The van der Waals surface area contributed by atoms with Crippen molar-refractivity contribution in [2.45, 2.75) is 0 Å². The number of hydrogen-bond donors (Lipinski definition) is 1. The molecule has 1 nitrogen and oxygen atoms in total. The van der Waals surface area contributed by atoms with Crippen LogP contribution in [0.15, 0.2) is 23.8 Å². The summed E-state index contributed by atoms with van der Waals surface area (Å²) < 4.78 is 0. The zero-order chi connectivity index (χ0) is 6.41. The van der Waals surface area contributed by atoms with Crippen LogP contribution in [0.2, 0.25) is 0 Å². The highest BCUT2D eigenvalue weighted by atomic mass is 32.2. The van der Waals surface area contributed by atoms with Gasteiger partial charge in [-0.25, -0.2) is 0 Å². The summed E-state index contributed by atoms with van der Waals surface area (Å²) in [4.78, 5) is 0. The molecule has 0 aliphatic carbocycles. The fourth-order valence-electron chi connectivity index (χ4n) is 0.234. The number of allylic oxidation sites excluding steroid dienone is 1. The van der Waals surface area contributed by atoms with Crippen LogP contribution >= 0.6 is 11.8 Å². The molecule has 0 radical (unpaired) electrons. The summed E-state index contributed by atoms with van der Waals surface area (Å²) in [5.74, 6) is 0. The summed E-state index contributed by atoms with van der Waals surface area (Å²) in [7, 11) is 1.85. The molecule has 0 saturated heterocycles. The maximum Gasteiger partial charge on any atom is 0.0269 e. The maximum atomic E-state index is 3.70. The van der Waals surface area contributed by atoms with Crippen molar-refractivity contribution in [3.63, 3.8) is 0 Å². The molecular formula is C6H11NS. The molecule has 0 unspecified atom stereocenters. The van der Waals surface area contributed by atoms with E-state index in [1.807, 2.05) is 24.8 Å². The van der Waals surface area contributed by atoms with Crippen LogP contribution in [0.5, 0.6) is 0 Å². The van der Waals surface area contributed by atoms with Gasteiger partial charge in [0.05, 0.1) is 0 Å². The Morgan fingerprint density at radius 1 is 1.75 bits per heavy atom. The standard InChI is InChI=1S/C6H11NS/c1-6(7-2)4-5-8-3/h4-5,7H,1H2,2-3H3/b5-4-. The minimum atomic E-state index is 0.944. The molecule has 0 fully saturated rings. The van der Waals surface area contributed by atoms with Crippen molar-refractivity contribution in [2.24, 2.45) is 0 Å². The van der Waals surface area contributed by atoms with Crippen LogP contribution in [0.3, 0.4) is 0 Å². The van der Waals surface area contributed by atoms with E-state index in [1.54, 1.807) is 11.8 Å². The number of nitrogens with one attached hydrogen (secondary N) is 1. The third-order valence-corrected chi connectivity index (χ3v) is 1.13. The van der Waals surface area contributed by atoms with E-state index < -0.39 is 0 Å². The molecule has 0 atom stereocenters. The molecule has 0 bridgehead atoms. The highest BCUT2D eigenvalue weighted by Crippen LogP contribution is 1.95. The van der Waals surface area contributed by atoms with Gasteiger partial charge in [-0.05, 0) is 17.7 Å². The fourth-order valence-corrected chi connectivity index (χ4v) is 0.534. The summed E-state index contributed by atoms with van der Waals surface area (Å²) in [5.41, 5.74) is 0.944. The molecular weight excluding hydrogens is 118 g/mol. The van der Waals surface area contributed by atoms with Gasteiger partial charge in [0.1, 0.15) is 0 Å². The highest BCUT2D eigenvalue weighted by molar-refractivity contribution is 8.01. The summed E-state index contributed by atoms with van der Waals surface area (Å²) in [6.07, 6.45) is 3.95. The van der Waals surface area contributed by atoms with Crippen LogP contribution in [0.1, 0.15) is 0 Å². The predicted octanol–water partition coefficient (Wildman–Crippen LogP) is 1.60. The van der Waals surface area contributed by atoms with E-state index in [9.17, 15) is 0 Å². The van der Waals surface area contributed by atoms with Gasteiger partial charge >= 0.3 is 0 Å². The summed E-state index contributed by atoms with van der Waals surface area (Å²) >= 11 is 1.66. The molecule has 0 aliphatic rings. The lowest BCUT2D eigenvalue weighted by Crippen LogP contribution is -1.99. The molecule has 0 amide bonds. The molecule has 0 aliphatic heterocycles. The lowest BCUT2D eigenvalue weighted by molar-refractivity contribution is 1.04. The van der Waals surface area contributed by atoms with Crippen LogP contribution in [0, 0.1) is 0 Å². The largest absolute Gasteiger partial charge is 0.389 e. The van der Waals surface area contributed by atoms with Gasteiger partial charge in [0, 0.05) is 12.7 Å². The SMILES string of the molecule is C=C(/C=C\SC)NC. The molecule has 0 aromatic heterocycles. The first-order chi connectivity index (χ1) is 3.81. The van der Waals surface area contributed by atoms with E-state index in [2.05, 4.69) is 11.9 Å². The highest BCUT2D eigenvalue weighted by Gasteiger charge is 1.74. The molecule has 2 heteroatoms. The van der Waals surface area contributed by atoms with Crippen LogP contribution < -0.4 is 5.32 Å². The molecule has 46 valence electrons. The van der Waals surface area contributed by atoms with Crippen LogP contribution in [-0.2, 0) is 0 Å². The van der Waals surface area contributed by atoms with Gasteiger partial charge < -0.3 is 5.32 Å². The first kappa shape index (κ1) is 7.63. The Balaban J connectivity index is 3.37. The zero-order valence-electron chi connectivity index (χ0n) is 5.27. The van der Waals surface area contributed by atoms with Crippen molar-refractivity contribution in [1.82, 2.24) is 5.32 Å². The first-order valence-corrected chi connectivity index (χ1v) is 3.66. The average Bonchev–Trinajstić information content (AvgIpc) is 1.83. The lowest BCUT2D eigenvalue weighted by Gasteiger charge is -1.92. The number of hydrogen-bond acceptors (Lipinski definition) is 2. The Labute approximate surface area is 54.9 Å². The van der Waals surface area contributed by atoms with Gasteiger partial charge in [-0.3, -0.25) is 0 Å². The van der Waals surface area contributed by atoms with Gasteiger partial charge in [-0.1, -0.05) is 6.58 Å². The molecule has 0 aromatic rings. The van der Waals surface area contributed by atoms with Crippen molar-refractivity contribution in [1.29, 1.82) is 0 Å². The van der Waals surface area contributed by atoms with Crippen molar-refractivity contribution in [2.75, 3.05) is 13.3 Å². The maximum absolute atomic E-state index is 3.70. The Kier molecular flexibility index (Phi) is 4.56. The van der Waals surface area contributed by atoms with E-state index in [0.29, 0.717) is 0 Å². The second kappa shape index (κ2) is 4.78. The van der Waals surface area contributed by atoms with Gasteiger partial charge in [0.15, 0.2) is 0 Å². The topological polar surface area (TPSA) is 12.0 Å². The molecule has 0 spiro atoms. The van der Waals surface area contributed by atoms with Crippen LogP contribution in [-0.4, -0.2) is 13.3 Å². The van der Waals surface area contributed by atoms with E-state index in [0.717, 1.165) is 5.70 Å². The molecule has 0 aromatic carbocycles. The Bertz CT molecular complexity index is 96.7. The second-order valence-corrected chi connectivity index (χ2v) is 2.06. The quantitative estimate of drug-likeness (QED) is 0.581.